The summed E-state index contributed by atoms with van der Waals surface area (Å²) in [6.45, 7) is 7.78. The van der Waals surface area contributed by atoms with E-state index in [0.717, 1.165) is 71.5 Å². The Morgan fingerprint density at radius 3 is 2.55 bits per heavy atom. The number of hydrogen-bond donors (Lipinski definition) is 1. The maximum atomic E-state index is 13.7. The third-order valence-electron chi connectivity index (χ3n) is 6.62. The molecule has 1 aliphatic carbocycles. The number of benzene rings is 1. The largest absolute Gasteiger partial charge is 0.496 e. The molecule has 0 unspecified atom stereocenters. The molecule has 0 radical (unpaired) electrons. The highest BCUT2D eigenvalue weighted by molar-refractivity contribution is 9.10. The van der Waals surface area contributed by atoms with Crippen molar-refractivity contribution in [1.29, 1.82) is 0 Å². The Labute approximate surface area is 193 Å². The molecule has 1 aromatic carbocycles. The van der Waals surface area contributed by atoms with Gasteiger partial charge in [0.2, 0.25) is 0 Å². The van der Waals surface area contributed by atoms with Crippen molar-refractivity contribution in [2.75, 3.05) is 20.2 Å². The predicted octanol–water partition coefficient (Wildman–Crippen LogP) is 5.07. The molecule has 0 spiro atoms. The van der Waals surface area contributed by atoms with Gasteiger partial charge in [0, 0.05) is 48.0 Å². The number of methoxy groups -OCH3 is 1. The fourth-order valence-electron chi connectivity index (χ4n) is 5.18. The van der Waals surface area contributed by atoms with Gasteiger partial charge in [0.15, 0.2) is 5.78 Å². The maximum absolute atomic E-state index is 13.7. The number of amides is 1. The summed E-state index contributed by atoms with van der Waals surface area (Å²) in [6, 6.07) is 5.87. The molecule has 1 fully saturated rings. The monoisotopic (exact) mass is 486 g/mol. The third kappa shape index (κ3) is 4.19. The molecule has 1 atom stereocenters. The van der Waals surface area contributed by atoms with Gasteiger partial charge in [0.25, 0.3) is 5.91 Å². The highest BCUT2D eigenvalue weighted by Gasteiger charge is 2.43. The molecule has 4 rings (SSSR count). The van der Waals surface area contributed by atoms with Crippen molar-refractivity contribution in [2.24, 2.45) is 5.41 Å². The summed E-state index contributed by atoms with van der Waals surface area (Å²) in [5.74, 6) is 0.544. The fraction of sp³-hybridized carbons (Fsp3) is 0.520. The van der Waals surface area contributed by atoms with E-state index in [1.165, 1.54) is 0 Å². The molecule has 2 heterocycles. The molecule has 166 valence electrons. The summed E-state index contributed by atoms with van der Waals surface area (Å²) in [5.41, 5.74) is 4.12. The van der Waals surface area contributed by atoms with E-state index >= 15 is 0 Å². The standard InChI is InChI=1S/C25H31BrN2O3/c1-15-21(24(30)28-10-6-5-7-11-28)22(16-8-9-20(31-4)17(26)12-16)23-18(27-15)13-25(2,3)14-19(23)29/h8-9,12,22,27H,5-7,10-11,13-14H2,1-4H3/t22-/m1/s1. The number of carbonyl (C=O) groups excluding carboxylic acids is 2. The molecule has 1 saturated heterocycles. The second-order valence-corrected chi connectivity index (χ2v) is 10.5. The minimum Gasteiger partial charge on any atom is -0.496 e. The normalized spacial score (nSPS) is 23.5. The Balaban J connectivity index is 1.84. The van der Waals surface area contributed by atoms with Crippen molar-refractivity contribution in [3.8, 4) is 5.75 Å². The number of nitrogens with zero attached hydrogens (tertiary/aromatic N) is 1. The summed E-state index contributed by atoms with van der Waals surface area (Å²) in [4.78, 5) is 29.1. The average Bonchev–Trinajstić information content (AvgIpc) is 2.72. The predicted molar refractivity (Wildman–Crippen MR) is 125 cm³/mol. The molecule has 0 bridgehead atoms. The zero-order valence-electron chi connectivity index (χ0n) is 18.8. The number of dihydropyridines is 1. The molecular formula is C25H31BrN2O3. The lowest BCUT2D eigenvalue weighted by Crippen LogP contribution is -2.43. The Bertz CT molecular complexity index is 986. The van der Waals surface area contributed by atoms with E-state index in [9.17, 15) is 9.59 Å². The molecule has 2 aliphatic heterocycles. The first-order valence-electron chi connectivity index (χ1n) is 11.1. The van der Waals surface area contributed by atoms with Crippen molar-refractivity contribution in [3.63, 3.8) is 0 Å². The minimum atomic E-state index is -0.364. The second-order valence-electron chi connectivity index (χ2n) is 9.68. The van der Waals surface area contributed by atoms with Crippen molar-refractivity contribution >= 4 is 27.6 Å². The number of Topliss-reactive ketones (excluding diaryl/α,β-unsaturated/α-hetero) is 1. The highest BCUT2D eigenvalue weighted by Crippen LogP contribution is 2.47. The number of ketones is 1. The smallest absolute Gasteiger partial charge is 0.252 e. The quantitative estimate of drug-likeness (QED) is 0.647. The molecule has 1 N–H and O–H groups in total. The zero-order chi connectivity index (χ0) is 22.3. The van der Waals surface area contributed by atoms with Gasteiger partial charge in [0.1, 0.15) is 5.75 Å². The Morgan fingerprint density at radius 1 is 1.19 bits per heavy atom. The summed E-state index contributed by atoms with van der Waals surface area (Å²) in [7, 11) is 1.63. The fourth-order valence-corrected chi connectivity index (χ4v) is 5.74. The number of carbonyl (C=O) groups is 2. The van der Waals surface area contributed by atoms with Gasteiger partial charge in [0.05, 0.1) is 11.6 Å². The summed E-state index contributed by atoms with van der Waals surface area (Å²) >= 11 is 3.59. The number of likely N-dealkylation sites (tertiary alicyclic amines) is 1. The van der Waals surface area contributed by atoms with Gasteiger partial charge in [-0.1, -0.05) is 19.9 Å². The van der Waals surface area contributed by atoms with E-state index in [1.54, 1.807) is 7.11 Å². The lowest BCUT2D eigenvalue weighted by Gasteiger charge is -2.41. The Hall–Kier alpha value is -2.08. The first-order valence-corrected chi connectivity index (χ1v) is 11.9. The number of rotatable bonds is 3. The van der Waals surface area contributed by atoms with Gasteiger partial charge in [-0.15, -0.1) is 0 Å². The van der Waals surface area contributed by atoms with E-state index in [-0.39, 0.29) is 23.0 Å². The van der Waals surface area contributed by atoms with Crippen LogP contribution in [0.25, 0.3) is 0 Å². The summed E-state index contributed by atoms with van der Waals surface area (Å²) in [6.07, 6.45) is 4.52. The highest BCUT2D eigenvalue weighted by atomic mass is 79.9. The lowest BCUT2D eigenvalue weighted by molar-refractivity contribution is -0.128. The van der Waals surface area contributed by atoms with Gasteiger partial charge >= 0.3 is 0 Å². The SMILES string of the molecule is COc1ccc([C@@H]2C(C(=O)N3CCCCC3)=C(C)NC3=C2C(=O)CC(C)(C)C3)cc1Br. The molecule has 0 aromatic heterocycles. The lowest BCUT2D eigenvalue weighted by atomic mass is 9.68. The molecule has 5 nitrogen and oxygen atoms in total. The second kappa shape index (κ2) is 8.45. The van der Waals surface area contributed by atoms with Crippen LogP contribution in [0.2, 0.25) is 0 Å². The van der Waals surface area contributed by atoms with Crippen LogP contribution >= 0.6 is 15.9 Å². The van der Waals surface area contributed by atoms with E-state index in [0.29, 0.717) is 12.0 Å². The number of allylic oxidation sites excluding steroid dienone is 3. The van der Waals surface area contributed by atoms with Crippen LogP contribution in [0.4, 0.5) is 0 Å². The Morgan fingerprint density at radius 2 is 1.90 bits per heavy atom. The molecule has 1 amide bonds. The number of ether oxygens (including phenoxy) is 1. The molecule has 3 aliphatic rings. The van der Waals surface area contributed by atoms with Gasteiger partial charge < -0.3 is 15.0 Å². The number of nitrogens with one attached hydrogen (secondary N) is 1. The minimum absolute atomic E-state index is 0.0471. The van der Waals surface area contributed by atoms with Crippen LogP contribution in [0.5, 0.6) is 5.75 Å². The zero-order valence-corrected chi connectivity index (χ0v) is 20.4. The van der Waals surface area contributed by atoms with Crippen LogP contribution in [0, 0.1) is 5.41 Å². The van der Waals surface area contributed by atoms with Crippen molar-refractivity contribution in [1.82, 2.24) is 10.2 Å². The molecule has 6 heteroatoms. The maximum Gasteiger partial charge on any atom is 0.252 e. The van der Waals surface area contributed by atoms with Crippen LogP contribution in [-0.2, 0) is 9.59 Å². The molecule has 31 heavy (non-hydrogen) atoms. The van der Waals surface area contributed by atoms with Crippen LogP contribution in [0.15, 0.2) is 45.2 Å². The van der Waals surface area contributed by atoms with Gasteiger partial charge in [-0.05, 0) is 71.6 Å². The summed E-state index contributed by atoms with van der Waals surface area (Å²) < 4.78 is 6.23. The van der Waals surface area contributed by atoms with Crippen molar-refractivity contribution < 1.29 is 14.3 Å². The van der Waals surface area contributed by atoms with E-state index in [2.05, 4.69) is 35.1 Å². The van der Waals surface area contributed by atoms with Gasteiger partial charge in [-0.2, -0.15) is 0 Å². The van der Waals surface area contributed by atoms with Crippen LogP contribution in [-0.4, -0.2) is 36.8 Å². The number of piperidine rings is 1. The number of halogens is 1. The average molecular weight is 487 g/mol. The Kier molecular flexibility index (Phi) is 6.03. The van der Waals surface area contributed by atoms with E-state index in [1.807, 2.05) is 30.0 Å². The van der Waals surface area contributed by atoms with Gasteiger partial charge in [-0.25, -0.2) is 0 Å². The molecule has 1 aromatic rings. The first-order chi connectivity index (χ1) is 14.7. The van der Waals surface area contributed by atoms with Crippen LogP contribution in [0.1, 0.15) is 64.4 Å². The van der Waals surface area contributed by atoms with E-state index < -0.39 is 0 Å². The van der Waals surface area contributed by atoms with Crippen molar-refractivity contribution in [2.45, 2.75) is 58.8 Å². The third-order valence-corrected chi connectivity index (χ3v) is 7.24. The molecule has 0 saturated carbocycles. The van der Waals surface area contributed by atoms with E-state index in [4.69, 9.17) is 4.74 Å². The first kappa shape index (κ1) is 22.1. The molecular weight excluding hydrogens is 456 g/mol. The van der Waals surface area contributed by atoms with Crippen molar-refractivity contribution in [3.05, 3.63) is 50.8 Å². The van der Waals surface area contributed by atoms with Crippen LogP contribution in [0.3, 0.4) is 0 Å². The summed E-state index contributed by atoms with van der Waals surface area (Å²) in [5, 5.41) is 3.47. The topological polar surface area (TPSA) is 58.6 Å². The van der Waals surface area contributed by atoms with Gasteiger partial charge in [-0.3, -0.25) is 9.59 Å². The van der Waals surface area contributed by atoms with Crippen LogP contribution < -0.4 is 10.1 Å². The number of hydrogen-bond acceptors (Lipinski definition) is 4.